The van der Waals surface area contributed by atoms with Crippen LogP contribution in [0.1, 0.15) is 10.4 Å². The molecule has 8 heteroatoms. The molecule has 0 unspecified atom stereocenters. The second-order valence-electron chi connectivity index (χ2n) is 5.19. The Bertz CT molecular complexity index is 960. The van der Waals surface area contributed by atoms with Crippen molar-refractivity contribution in [3.05, 3.63) is 47.3 Å². The Hall–Kier alpha value is -2.32. The van der Waals surface area contributed by atoms with E-state index in [0.29, 0.717) is 17.2 Å². The molecule has 1 aromatic carbocycles. The van der Waals surface area contributed by atoms with E-state index in [0.717, 1.165) is 16.0 Å². The number of anilines is 1. The van der Waals surface area contributed by atoms with Crippen molar-refractivity contribution < 1.29 is 17.6 Å². The van der Waals surface area contributed by atoms with Crippen molar-refractivity contribution in [3.63, 3.8) is 0 Å². The first-order valence-corrected chi connectivity index (χ1v) is 9.37. The summed E-state index contributed by atoms with van der Waals surface area (Å²) in [7, 11) is -2.17. The number of thiophene rings is 1. The molecule has 0 fully saturated rings. The monoisotopic (exact) mass is 364 g/mol. The minimum absolute atomic E-state index is 0.210. The molecule has 0 amide bonds. The van der Waals surface area contributed by atoms with Crippen LogP contribution < -0.4 is 9.46 Å². The Balaban J connectivity index is 1.96. The molecule has 2 aromatic heterocycles. The average Bonchev–Trinajstić information content (AvgIpc) is 3.19. The third kappa shape index (κ3) is 3.15. The Labute approximate surface area is 144 Å². The highest BCUT2D eigenvalue weighted by atomic mass is 32.2. The summed E-state index contributed by atoms with van der Waals surface area (Å²) in [5, 5.41) is 0. The van der Waals surface area contributed by atoms with E-state index in [1.807, 2.05) is 26.0 Å². The highest BCUT2D eigenvalue weighted by Gasteiger charge is 2.20. The lowest BCUT2D eigenvalue weighted by Gasteiger charge is -2.10. The lowest BCUT2D eigenvalue weighted by molar-refractivity contribution is 0.413. The number of hydrogen-bond acceptors (Lipinski definition) is 6. The Morgan fingerprint density at radius 2 is 2.04 bits per heavy atom. The third-order valence-electron chi connectivity index (χ3n) is 3.53. The maximum absolute atomic E-state index is 12.6. The zero-order valence-electron chi connectivity index (χ0n) is 13.4. The van der Waals surface area contributed by atoms with Gasteiger partial charge in [0, 0.05) is 16.5 Å². The SMILES string of the molecule is COc1cc(S(=O)(=O)Nc2cc(-c3cnco3)ccc2C)sc1C. The number of hydrogen-bond donors (Lipinski definition) is 1. The summed E-state index contributed by atoms with van der Waals surface area (Å²) in [6, 6.07) is 6.94. The van der Waals surface area contributed by atoms with Crippen LogP contribution in [-0.2, 0) is 10.0 Å². The molecule has 1 N–H and O–H groups in total. The first-order valence-electron chi connectivity index (χ1n) is 7.07. The molecule has 0 aliphatic rings. The lowest BCUT2D eigenvalue weighted by atomic mass is 10.1. The van der Waals surface area contributed by atoms with E-state index in [9.17, 15) is 8.42 Å². The van der Waals surface area contributed by atoms with Gasteiger partial charge >= 0.3 is 0 Å². The van der Waals surface area contributed by atoms with Crippen LogP contribution in [-0.4, -0.2) is 20.5 Å². The second-order valence-corrected chi connectivity index (χ2v) is 8.36. The number of nitrogens with one attached hydrogen (secondary N) is 1. The largest absolute Gasteiger partial charge is 0.496 e. The minimum Gasteiger partial charge on any atom is -0.496 e. The lowest BCUT2D eigenvalue weighted by Crippen LogP contribution is -2.12. The number of aromatic nitrogens is 1. The van der Waals surface area contributed by atoms with Crippen LogP contribution >= 0.6 is 11.3 Å². The van der Waals surface area contributed by atoms with E-state index in [1.54, 1.807) is 12.3 Å². The molecule has 0 aliphatic heterocycles. The summed E-state index contributed by atoms with van der Waals surface area (Å²) in [5.74, 6) is 1.14. The smallest absolute Gasteiger partial charge is 0.271 e. The van der Waals surface area contributed by atoms with Crippen LogP contribution in [0.3, 0.4) is 0 Å². The molecule has 6 nitrogen and oxygen atoms in total. The van der Waals surface area contributed by atoms with Gasteiger partial charge in [-0.1, -0.05) is 12.1 Å². The number of oxazole rings is 1. The van der Waals surface area contributed by atoms with Gasteiger partial charge in [-0.3, -0.25) is 4.72 Å². The summed E-state index contributed by atoms with van der Waals surface area (Å²) in [6.07, 6.45) is 2.91. The average molecular weight is 364 g/mol. The summed E-state index contributed by atoms with van der Waals surface area (Å²) >= 11 is 1.17. The van der Waals surface area contributed by atoms with Gasteiger partial charge in [-0.05, 0) is 25.5 Å². The fourth-order valence-electron chi connectivity index (χ4n) is 2.21. The molecule has 3 rings (SSSR count). The fraction of sp³-hybridized carbons (Fsp3) is 0.188. The maximum atomic E-state index is 12.6. The van der Waals surface area contributed by atoms with Crippen molar-refractivity contribution in [2.24, 2.45) is 0 Å². The molecule has 2 heterocycles. The van der Waals surface area contributed by atoms with Crippen LogP contribution in [0.5, 0.6) is 5.75 Å². The van der Waals surface area contributed by atoms with E-state index in [4.69, 9.17) is 9.15 Å². The first kappa shape index (κ1) is 16.5. The number of ether oxygens (including phenoxy) is 1. The number of methoxy groups -OCH3 is 1. The van der Waals surface area contributed by atoms with Gasteiger partial charge in [0.2, 0.25) is 0 Å². The van der Waals surface area contributed by atoms with Crippen LogP contribution in [0.2, 0.25) is 0 Å². The molecule has 0 radical (unpaired) electrons. The molecular weight excluding hydrogens is 348 g/mol. The number of benzene rings is 1. The number of rotatable bonds is 5. The van der Waals surface area contributed by atoms with Crippen LogP contribution in [0, 0.1) is 13.8 Å². The molecule has 3 aromatic rings. The normalized spacial score (nSPS) is 11.5. The molecule has 126 valence electrons. The standard InChI is InChI=1S/C16H16N2O4S2/c1-10-4-5-12(15-8-17-9-22-15)6-13(10)18-24(19,20)16-7-14(21-3)11(2)23-16/h4-9,18H,1-3H3. The van der Waals surface area contributed by atoms with Gasteiger partial charge < -0.3 is 9.15 Å². The van der Waals surface area contributed by atoms with Gasteiger partial charge in [-0.25, -0.2) is 13.4 Å². The van der Waals surface area contributed by atoms with Crippen molar-refractivity contribution in [2.75, 3.05) is 11.8 Å². The van der Waals surface area contributed by atoms with Gasteiger partial charge in [0.15, 0.2) is 12.2 Å². The number of nitrogens with zero attached hydrogens (tertiary/aromatic N) is 1. The number of aryl methyl sites for hydroxylation is 2. The van der Waals surface area contributed by atoms with Gasteiger partial charge in [-0.2, -0.15) is 0 Å². The van der Waals surface area contributed by atoms with Gasteiger partial charge in [0.05, 0.1) is 19.0 Å². The second kappa shape index (κ2) is 6.29. The highest BCUT2D eigenvalue weighted by molar-refractivity contribution is 7.94. The summed E-state index contributed by atoms with van der Waals surface area (Å²) in [6.45, 7) is 3.65. The molecule has 0 saturated heterocycles. The molecule has 0 spiro atoms. The zero-order chi connectivity index (χ0) is 17.3. The zero-order valence-corrected chi connectivity index (χ0v) is 15.0. The van der Waals surface area contributed by atoms with E-state index in [2.05, 4.69) is 9.71 Å². The van der Waals surface area contributed by atoms with E-state index in [-0.39, 0.29) is 4.21 Å². The molecule has 0 aliphatic carbocycles. The van der Waals surface area contributed by atoms with Crippen molar-refractivity contribution in [3.8, 4) is 17.1 Å². The Morgan fingerprint density at radius 1 is 1.25 bits per heavy atom. The Morgan fingerprint density at radius 3 is 2.67 bits per heavy atom. The predicted molar refractivity (Wildman–Crippen MR) is 93.1 cm³/mol. The van der Waals surface area contributed by atoms with Crippen LogP contribution in [0.25, 0.3) is 11.3 Å². The summed E-state index contributed by atoms with van der Waals surface area (Å²) in [5.41, 5.74) is 2.05. The summed E-state index contributed by atoms with van der Waals surface area (Å²) < 4.78 is 38.5. The minimum atomic E-state index is -3.69. The quantitative estimate of drug-likeness (QED) is 0.744. The molecular formula is C16H16N2O4S2. The van der Waals surface area contributed by atoms with Gasteiger partial charge in [0.25, 0.3) is 10.0 Å². The maximum Gasteiger partial charge on any atom is 0.271 e. The fourth-order valence-corrected chi connectivity index (χ4v) is 4.73. The third-order valence-corrected chi connectivity index (χ3v) is 6.40. The Kier molecular flexibility index (Phi) is 4.33. The van der Waals surface area contributed by atoms with Gasteiger partial charge in [-0.15, -0.1) is 11.3 Å². The van der Waals surface area contributed by atoms with E-state index >= 15 is 0 Å². The van der Waals surface area contributed by atoms with Crippen LogP contribution in [0.4, 0.5) is 5.69 Å². The first-order chi connectivity index (χ1) is 11.4. The van der Waals surface area contributed by atoms with Crippen molar-refractivity contribution in [1.29, 1.82) is 0 Å². The molecule has 0 saturated carbocycles. The van der Waals surface area contributed by atoms with Crippen molar-refractivity contribution in [2.45, 2.75) is 18.1 Å². The van der Waals surface area contributed by atoms with E-state index < -0.39 is 10.0 Å². The van der Waals surface area contributed by atoms with Crippen molar-refractivity contribution in [1.82, 2.24) is 4.98 Å². The molecule has 0 bridgehead atoms. The van der Waals surface area contributed by atoms with Gasteiger partial charge in [0.1, 0.15) is 9.96 Å². The highest BCUT2D eigenvalue weighted by Crippen LogP contribution is 2.33. The van der Waals surface area contributed by atoms with Crippen molar-refractivity contribution >= 4 is 27.0 Å². The number of sulfonamides is 1. The van der Waals surface area contributed by atoms with E-state index in [1.165, 1.54) is 30.9 Å². The predicted octanol–water partition coefficient (Wildman–Crippen LogP) is 3.83. The topological polar surface area (TPSA) is 81.4 Å². The van der Waals surface area contributed by atoms with Crippen LogP contribution in [0.15, 0.2) is 45.5 Å². The molecule has 24 heavy (non-hydrogen) atoms. The summed E-state index contributed by atoms with van der Waals surface area (Å²) in [4.78, 5) is 4.69. The molecule has 0 atom stereocenters.